The molecule has 0 saturated heterocycles. The Balaban J connectivity index is 2.39. The van der Waals surface area contributed by atoms with Crippen molar-refractivity contribution in [3.63, 3.8) is 0 Å². The number of hydrogen-bond donors (Lipinski definition) is 1. The maximum atomic E-state index is 12.0. The molecular formula is C18H33NO5. The molecule has 0 atom stereocenters. The van der Waals surface area contributed by atoms with Crippen LogP contribution in [-0.2, 0) is 19.0 Å². The summed E-state index contributed by atoms with van der Waals surface area (Å²) in [5, 5.41) is 2.99. The molecule has 6 nitrogen and oxygen atoms in total. The lowest BCUT2D eigenvalue weighted by Gasteiger charge is -2.39. The summed E-state index contributed by atoms with van der Waals surface area (Å²) < 4.78 is 15.8. The Morgan fingerprint density at radius 3 is 2.12 bits per heavy atom. The Hall–Kier alpha value is -1.30. The van der Waals surface area contributed by atoms with E-state index in [0.717, 1.165) is 25.7 Å². The van der Waals surface area contributed by atoms with Crippen LogP contribution in [0.2, 0.25) is 0 Å². The number of carbonyl (C=O) groups is 2. The SMILES string of the molecule is CCOC(=O)COC1CCC(C(C)(C)NC(=O)OC(C)(C)C)CC1. The second kappa shape index (κ2) is 8.70. The second-order valence-corrected chi connectivity index (χ2v) is 7.94. The molecule has 1 fully saturated rings. The molecule has 140 valence electrons. The monoisotopic (exact) mass is 343 g/mol. The Morgan fingerprint density at radius 1 is 1.04 bits per heavy atom. The van der Waals surface area contributed by atoms with Gasteiger partial charge in [0, 0.05) is 5.54 Å². The zero-order valence-electron chi connectivity index (χ0n) is 15.9. The Bertz CT molecular complexity index is 420. The third-order valence-corrected chi connectivity index (χ3v) is 4.26. The Morgan fingerprint density at radius 2 is 1.62 bits per heavy atom. The summed E-state index contributed by atoms with van der Waals surface area (Å²) in [6.07, 6.45) is 3.34. The summed E-state index contributed by atoms with van der Waals surface area (Å²) in [6, 6.07) is 0. The van der Waals surface area contributed by atoms with Crippen LogP contribution < -0.4 is 5.32 Å². The number of rotatable bonds is 6. The van der Waals surface area contributed by atoms with Gasteiger partial charge < -0.3 is 19.5 Å². The number of alkyl carbamates (subject to hydrolysis) is 1. The van der Waals surface area contributed by atoms with E-state index < -0.39 is 5.60 Å². The molecule has 0 aliphatic heterocycles. The van der Waals surface area contributed by atoms with E-state index in [9.17, 15) is 9.59 Å². The summed E-state index contributed by atoms with van der Waals surface area (Å²) in [4.78, 5) is 23.3. The smallest absolute Gasteiger partial charge is 0.408 e. The van der Waals surface area contributed by atoms with Gasteiger partial charge in [-0.2, -0.15) is 0 Å². The molecule has 0 aromatic rings. The van der Waals surface area contributed by atoms with Gasteiger partial charge in [-0.05, 0) is 73.1 Å². The predicted molar refractivity (Wildman–Crippen MR) is 91.8 cm³/mol. The molecule has 6 heteroatoms. The van der Waals surface area contributed by atoms with Crippen molar-refractivity contribution in [2.75, 3.05) is 13.2 Å². The van der Waals surface area contributed by atoms with Crippen LogP contribution in [-0.4, -0.2) is 42.5 Å². The van der Waals surface area contributed by atoms with E-state index in [0.29, 0.717) is 12.5 Å². The van der Waals surface area contributed by atoms with Crippen molar-refractivity contribution in [2.45, 2.75) is 84.5 Å². The van der Waals surface area contributed by atoms with Gasteiger partial charge in [0.15, 0.2) is 0 Å². The van der Waals surface area contributed by atoms with Gasteiger partial charge in [-0.25, -0.2) is 9.59 Å². The Labute approximate surface area is 145 Å². The van der Waals surface area contributed by atoms with Gasteiger partial charge in [-0.3, -0.25) is 0 Å². The van der Waals surface area contributed by atoms with Crippen LogP contribution in [0.25, 0.3) is 0 Å². The lowest BCUT2D eigenvalue weighted by atomic mass is 9.76. The molecule has 1 rings (SSSR count). The van der Waals surface area contributed by atoms with E-state index >= 15 is 0 Å². The van der Waals surface area contributed by atoms with Crippen molar-refractivity contribution >= 4 is 12.1 Å². The van der Waals surface area contributed by atoms with Crippen LogP contribution >= 0.6 is 0 Å². The minimum absolute atomic E-state index is 0.0166. The highest BCUT2D eigenvalue weighted by molar-refractivity contribution is 5.70. The normalized spacial score (nSPS) is 21.9. The Kier molecular flexibility index (Phi) is 7.52. The van der Waals surface area contributed by atoms with Gasteiger partial charge in [-0.15, -0.1) is 0 Å². The fraction of sp³-hybridized carbons (Fsp3) is 0.889. The van der Waals surface area contributed by atoms with E-state index in [1.165, 1.54) is 0 Å². The number of esters is 1. The van der Waals surface area contributed by atoms with Crippen molar-refractivity contribution in [3.8, 4) is 0 Å². The van der Waals surface area contributed by atoms with Crippen LogP contribution in [0.15, 0.2) is 0 Å². The van der Waals surface area contributed by atoms with E-state index in [1.54, 1.807) is 6.92 Å². The molecule has 0 spiro atoms. The quantitative estimate of drug-likeness (QED) is 0.748. The third-order valence-electron chi connectivity index (χ3n) is 4.26. The van der Waals surface area contributed by atoms with Crippen molar-refractivity contribution < 1.29 is 23.8 Å². The number of carbonyl (C=O) groups excluding carboxylic acids is 2. The van der Waals surface area contributed by atoms with Crippen molar-refractivity contribution in [1.82, 2.24) is 5.32 Å². The fourth-order valence-corrected chi connectivity index (χ4v) is 3.01. The molecule has 1 saturated carbocycles. The largest absolute Gasteiger partial charge is 0.464 e. The van der Waals surface area contributed by atoms with Crippen LogP contribution in [0.1, 0.15) is 67.2 Å². The number of hydrogen-bond acceptors (Lipinski definition) is 5. The summed E-state index contributed by atoms with van der Waals surface area (Å²) in [7, 11) is 0. The topological polar surface area (TPSA) is 73.9 Å². The molecule has 1 amide bonds. The molecule has 0 unspecified atom stereocenters. The van der Waals surface area contributed by atoms with E-state index in [1.807, 2.05) is 34.6 Å². The zero-order chi connectivity index (χ0) is 18.4. The maximum absolute atomic E-state index is 12.0. The molecule has 24 heavy (non-hydrogen) atoms. The van der Waals surface area contributed by atoms with E-state index in [2.05, 4.69) is 5.32 Å². The molecular weight excluding hydrogens is 310 g/mol. The minimum atomic E-state index is -0.501. The van der Waals surface area contributed by atoms with E-state index in [-0.39, 0.29) is 30.3 Å². The van der Waals surface area contributed by atoms with Gasteiger partial charge in [-0.1, -0.05) is 0 Å². The first-order valence-corrected chi connectivity index (χ1v) is 8.82. The van der Waals surface area contributed by atoms with Gasteiger partial charge in [0.1, 0.15) is 12.2 Å². The molecule has 1 N–H and O–H groups in total. The molecule has 0 radical (unpaired) electrons. The van der Waals surface area contributed by atoms with Gasteiger partial charge in [0.2, 0.25) is 0 Å². The molecule has 0 heterocycles. The lowest BCUT2D eigenvalue weighted by Crippen LogP contribution is -2.51. The van der Waals surface area contributed by atoms with Crippen molar-refractivity contribution in [2.24, 2.45) is 5.92 Å². The zero-order valence-corrected chi connectivity index (χ0v) is 15.9. The molecule has 0 aromatic carbocycles. The standard InChI is InChI=1S/C18H33NO5/c1-7-22-15(20)12-23-14-10-8-13(9-11-14)18(5,6)19-16(21)24-17(2,3)4/h13-14H,7-12H2,1-6H3,(H,19,21). The minimum Gasteiger partial charge on any atom is -0.464 e. The van der Waals surface area contributed by atoms with E-state index in [4.69, 9.17) is 14.2 Å². The highest BCUT2D eigenvalue weighted by Crippen LogP contribution is 2.34. The van der Waals surface area contributed by atoms with Crippen molar-refractivity contribution in [1.29, 1.82) is 0 Å². The van der Waals surface area contributed by atoms with Gasteiger partial charge >= 0.3 is 12.1 Å². The summed E-state index contributed by atoms with van der Waals surface area (Å²) >= 11 is 0. The first-order valence-electron chi connectivity index (χ1n) is 8.82. The van der Waals surface area contributed by atoms with Gasteiger partial charge in [0.05, 0.1) is 12.7 Å². The summed E-state index contributed by atoms with van der Waals surface area (Å²) in [6.45, 7) is 11.8. The fourth-order valence-electron chi connectivity index (χ4n) is 3.01. The third kappa shape index (κ3) is 7.51. The maximum Gasteiger partial charge on any atom is 0.408 e. The molecule has 1 aliphatic carbocycles. The summed E-state index contributed by atoms with van der Waals surface area (Å²) in [5.41, 5.74) is -0.840. The van der Waals surface area contributed by atoms with Crippen LogP contribution in [0.5, 0.6) is 0 Å². The average molecular weight is 343 g/mol. The molecule has 0 bridgehead atoms. The first kappa shape index (κ1) is 20.7. The predicted octanol–water partition coefficient (Wildman–Crippen LogP) is 3.43. The van der Waals surface area contributed by atoms with Crippen LogP contribution in [0, 0.1) is 5.92 Å². The van der Waals surface area contributed by atoms with Crippen molar-refractivity contribution in [3.05, 3.63) is 0 Å². The van der Waals surface area contributed by atoms with Gasteiger partial charge in [0.25, 0.3) is 0 Å². The first-order chi connectivity index (χ1) is 11.0. The highest BCUT2D eigenvalue weighted by Gasteiger charge is 2.35. The second-order valence-electron chi connectivity index (χ2n) is 7.94. The lowest BCUT2D eigenvalue weighted by molar-refractivity contribution is -0.151. The highest BCUT2D eigenvalue weighted by atomic mass is 16.6. The number of nitrogens with one attached hydrogen (secondary N) is 1. The molecule has 0 aromatic heterocycles. The average Bonchev–Trinajstić information content (AvgIpc) is 2.43. The van der Waals surface area contributed by atoms with Crippen LogP contribution in [0.4, 0.5) is 4.79 Å². The number of ether oxygens (including phenoxy) is 3. The van der Waals surface area contributed by atoms with Crippen LogP contribution in [0.3, 0.4) is 0 Å². The summed E-state index contributed by atoms with van der Waals surface area (Å²) in [5.74, 6) is 0.0407. The number of amides is 1. The molecule has 1 aliphatic rings.